The van der Waals surface area contributed by atoms with E-state index in [2.05, 4.69) is 34.0 Å². The first-order chi connectivity index (χ1) is 21.4. The summed E-state index contributed by atoms with van der Waals surface area (Å²) < 4.78 is 6.16. The number of rotatable bonds is 10. The van der Waals surface area contributed by atoms with Crippen LogP contribution in [0.15, 0.2) is 67.0 Å². The number of aromatic hydroxyl groups is 1. The Morgan fingerprint density at radius 1 is 1.05 bits per heavy atom. The average Bonchev–Trinajstić information content (AvgIpc) is 3.46. The number of ether oxygens (including phenoxy) is 1. The van der Waals surface area contributed by atoms with Gasteiger partial charge in [0.15, 0.2) is 11.5 Å². The molecule has 0 aliphatic heterocycles. The predicted octanol–water partition coefficient (Wildman–Crippen LogP) is 5.07. The van der Waals surface area contributed by atoms with Crippen LogP contribution >= 0.6 is 0 Å². The highest BCUT2D eigenvalue weighted by Gasteiger charge is 2.36. The quantitative estimate of drug-likeness (QED) is 0.141. The van der Waals surface area contributed by atoms with Gasteiger partial charge in [0.1, 0.15) is 5.82 Å². The number of aliphatic hydroxyl groups excluding tert-OH is 3. The molecular formula is C36H45N3O5. The molecule has 0 amide bonds. The molecule has 7 N–H and O–H groups in total. The van der Waals surface area contributed by atoms with Crippen molar-refractivity contribution in [3.05, 3.63) is 83.8 Å². The van der Waals surface area contributed by atoms with Gasteiger partial charge in [0.2, 0.25) is 0 Å². The molecular weight excluding hydrogens is 554 g/mol. The lowest BCUT2D eigenvalue weighted by Gasteiger charge is -2.31. The Labute approximate surface area is 260 Å². The molecule has 0 spiro atoms. The number of benzene rings is 1. The number of hydrogen-bond acceptors (Lipinski definition) is 7. The molecule has 8 nitrogen and oxygen atoms in total. The lowest BCUT2D eigenvalue weighted by molar-refractivity contribution is -0.00709. The van der Waals surface area contributed by atoms with Gasteiger partial charge in [-0.2, -0.15) is 0 Å². The van der Waals surface area contributed by atoms with Crippen LogP contribution in [0.4, 0.5) is 5.82 Å². The van der Waals surface area contributed by atoms with Gasteiger partial charge in [-0.15, -0.1) is 0 Å². The van der Waals surface area contributed by atoms with Crippen LogP contribution in [-0.4, -0.2) is 55.8 Å². The maximum absolute atomic E-state index is 11.4. The van der Waals surface area contributed by atoms with Crippen LogP contribution in [0.25, 0.3) is 0 Å². The normalized spacial score (nSPS) is 26.1. The molecule has 2 heterocycles. The van der Waals surface area contributed by atoms with Crippen molar-refractivity contribution >= 4 is 5.82 Å². The van der Waals surface area contributed by atoms with Crippen molar-refractivity contribution in [1.29, 1.82) is 0 Å². The number of aromatic amines is 1. The Morgan fingerprint density at radius 3 is 2.70 bits per heavy atom. The number of anilines is 1. The van der Waals surface area contributed by atoms with Gasteiger partial charge in [0.25, 0.3) is 0 Å². The van der Waals surface area contributed by atoms with E-state index in [0.717, 1.165) is 42.5 Å². The highest BCUT2D eigenvalue weighted by atomic mass is 16.5. The van der Waals surface area contributed by atoms with Crippen LogP contribution in [0.5, 0.6) is 11.5 Å². The van der Waals surface area contributed by atoms with E-state index >= 15 is 0 Å². The summed E-state index contributed by atoms with van der Waals surface area (Å²) in [6, 6.07) is 13.3. The number of nitrogens with two attached hydrogens (primary N) is 1. The van der Waals surface area contributed by atoms with Crippen molar-refractivity contribution in [2.24, 2.45) is 17.8 Å². The van der Waals surface area contributed by atoms with Gasteiger partial charge < -0.3 is 35.9 Å². The second kappa shape index (κ2) is 15.3. The standard InChI is InChI=1S/C36H45N3O5/c37-35-23-28(13-17-39-35)29(20-30-5-3-16-38-30)15-19-44-34-22-27(11-12-31(34)41)26-10-9-25-8-7-24(14-18-40)4-1-2-6-32(42)36(25)33(43)21-26/h3,5,9-13,16-17,22-26,29,32-33,36,38,40-43H,1-2,4,6,14-15,18-21H2,(H2,37,39)/t24-,25+,26+,29+,32-,33+,36+/m0/s1. The molecule has 8 heteroatoms. The van der Waals surface area contributed by atoms with Crippen molar-refractivity contribution in [3.63, 3.8) is 0 Å². The zero-order valence-electron chi connectivity index (χ0n) is 25.2. The van der Waals surface area contributed by atoms with Gasteiger partial charge in [-0.25, -0.2) is 4.98 Å². The summed E-state index contributed by atoms with van der Waals surface area (Å²) in [6.45, 7) is 0.488. The van der Waals surface area contributed by atoms with Crippen molar-refractivity contribution < 1.29 is 25.2 Å². The maximum atomic E-state index is 11.4. The second-order valence-corrected chi connectivity index (χ2v) is 12.2. The number of pyridine rings is 1. The van der Waals surface area contributed by atoms with E-state index in [4.69, 9.17) is 10.5 Å². The summed E-state index contributed by atoms with van der Waals surface area (Å²) in [4.78, 5) is 7.41. The van der Waals surface area contributed by atoms with Crippen LogP contribution in [0.3, 0.4) is 0 Å². The summed E-state index contributed by atoms with van der Waals surface area (Å²) >= 11 is 0. The van der Waals surface area contributed by atoms with Crippen LogP contribution in [0.1, 0.15) is 73.6 Å². The Morgan fingerprint density at radius 2 is 1.91 bits per heavy atom. The molecule has 1 aromatic carbocycles. The minimum atomic E-state index is -0.750. The molecule has 0 saturated heterocycles. The number of nitrogens with one attached hydrogen (secondary N) is 1. The fraction of sp³-hybridized carbons (Fsp3) is 0.472. The summed E-state index contributed by atoms with van der Waals surface area (Å²) in [5, 5.41) is 42.6. The number of nitrogens with zero attached hydrogens (tertiary/aromatic N) is 1. The minimum Gasteiger partial charge on any atom is -0.504 e. The summed E-state index contributed by atoms with van der Waals surface area (Å²) in [5.74, 6) is 7.08. The van der Waals surface area contributed by atoms with Gasteiger partial charge in [0.05, 0.1) is 18.8 Å². The molecule has 0 bridgehead atoms. The molecule has 2 aliphatic rings. The van der Waals surface area contributed by atoms with E-state index < -0.39 is 12.2 Å². The first kappa shape index (κ1) is 31.6. The third kappa shape index (κ3) is 8.23. The Bertz CT molecular complexity index is 1430. The number of hydrogen-bond donors (Lipinski definition) is 6. The number of fused-ring (bicyclic) bond motifs is 1. The van der Waals surface area contributed by atoms with Crippen LogP contribution in [-0.2, 0) is 6.42 Å². The first-order valence-corrected chi connectivity index (χ1v) is 15.9. The van der Waals surface area contributed by atoms with E-state index in [1.54, 1.807) is 12.3 Å². The lowest BCUT2D eigenvalue weighted by atomic mass is 9.79. The molecule has 7 atom stereocenters. The predicted molar refractivity (Wildman–Crippen MR) is 171 cm³/mol. The highest BCUT2D eigenvalue weighted by Crippen LogP contribution is 2.39. The fourth-order valence-corrected chi connectivity index (χ4v) is 6.65. The summed E-state index contributed by atoms with van der Waals surface area (Å²) in [7, 11) is 0. The van der Waals surface area contributed by atoms with Gasteiger partial charge in [0, 0.05) is 48.4 Å². The van der Waals surface area contributed by atoms with Crippen LogP contribution < -0.4 is 10.5 Å². The topological polar surface area (TPSA) is 145 Å². The fourth-order valence-electron chi connectivity index (χ4n) is 6.65. The second-order valence-electron chi connectivity index (χ2n) is 12.2. The molecule has 0 radical (unpaired) electrons. The van der Waals surface area contributed by atoms with Gasteiger partial charge >= 0.3 is 0 Å². The zero-order chi connectivity index (χ0) is 30.9. The van der Waals surface area contributed by atoms with Crippen LogP contribution in [0.2, 0.25) is 0 Å². The Balaban J connectivity index is 1.31. The molecule has 234 valence electrons. The molecule has 0 fully saturated rings. The third-order valence-electron chi connectivity index (χ3n) is 9.12. The Kier molecular flexibility index (Phi) is 11.0. The number of allylic oxidation sites excluding steroid dienone is 2. The molecule has 0 unspecified atom stereocenters. The van der Waals surface area contributed by atoms with Gasteiger partial charge in [-0.1, -0.05) is 42.9 Å². The smallest absolute Gasteiger partial charge is 0.161 e. The molecule has 5 rings (SSSR count). The molecule has 2 aliphatic carbocycles. The zero-order valence-corrected chi connectivity index (χ0v) is 25.2. The van der Waals surface area contributed by atoms with E-state index in [-0.39, 0.29) is 41.9 Å². The summed E-state index contributed by atoms with van der Waals surface area (Å²) in [5.41, 5.74) is 9.09. The maximum Gasteiger partial charge on any atom is 0.161 e. The molecule has 2 aromatic heterocycles. The number of aromatic nitrogens is 2. The minimum absolute atomic E-state index is 0.0614. The number of H-pyrrole nitrogens is 1. The van der Waals surface area contributed by atoms with E-state index in [1.165, 1.54) is 0 Å². The lowest BCUT2D eigenvalue weighted by Crippen LogP contribution is -2.36. The van der Waals surface area contributed by atoms with Crippen LogP contribution in [0, 0.1) is 29.6 Å². The Hall–Kier alpha value is -3.77. The molecule has 3 aromatic rings. The van der Waals surface area contributed by atoms with Crippen molar-refractivity contribution in [3.8, 4) is 23.3 Å². The van der Waals surface area contributed by atoms with Crippen molar-refractivity contribution in [1.82, 2.24) is 9.97 Å². The molecule has 44 heavy (non-hydrogen) atoms. The first-order valence-electron chi connectivity index (χ1n) is 15.9. The average molecular weight is 600 g/mol. The third-order valence-corrected chi connectivity index (χ3v) is 9.12. The SMILES string of the molecule is Nc1cc([C@H](CCOc2cc([C@@H]3C=C[C@H]4C#C[C@@H](CCO)CCCC[C@H](O)[C@@H]4[C@H](O)C3)ccc2O)Cc2ccc[nH]2)ccn1. The van der Waals surface area contributed by atoms with Crippen molar-refractivity contribution in [2.75, 3.05) is 18.9 Å². The number of phenolic OH excluding ortho intramolecular Hbond substituents is 1. The summed E-state index contributed by atoms with van der Waals surface area (Å²) in [6.07, 6.45) is 12.2. The number of aliphatic hydroxyl groups is 3. The number of phenols is 1. The number of nitrogen functional groups attached to an aromatic ring is 1. The van der Waals surface area contributed by atoms with E-state index in [1.807, 2.05) is 42.6 Å². The van der Waals surface area contributed by atoms with Gasteiger partial charge in [-0.05, 0) is 92.0 Å². The van der Waals surface area contributed by atoms with Crippen molar-refractivity contribution in [2.45, 2.75) is 75.4 Å². The highest BCUT2D eigenvalue weighted by molar-refractivity contribution is 5.44. The van der Waals surface area contributed by atoms with Gasteiger partial charge in [-0.3, -0.25) is 0 Å². The van der Waals surface area contributed by atoms with E-state index in [0.29, 0.717) is 43.9 Å². The van der Waals surface area contributed by atoms with E-state index in [9.17, 15) is 20.4 Å². The monoisotopic (exact) mass is 599 g/mol. The largest absolute Gasteiger partial charge is 0.504 e. The molecule has 0 saturated carbocycles.